The van der Waals surface area contributed by atoms with E-state index >= 15 is 0 Å². The molecule has 138 valence electrons. The lowest BCUT2D eigenvalue weighted by atomic mass is 10.1. The average molecular weight is 367 g/mol. The topological polar surface area (TPSA) is 97.3 Å². The van der Waals surface area contributed by atoms with Crippen LogP contribution in [0.15, 0.2) is 53.5 Å². The Kier molecular flexibility index (Phi) is 5.16. The third-order valence-electron chi connectivity index (χ3n) is 3.96. The SMILES string of the molecule is COc1cccc(N2C(=O)NC(=O)[C@H](C=Nc3ccccc3OC)C2=O)c1. The zero-order valence-electron chi connectivity index (χ0n) is 14.7. The van der Waals surface area contributed by atoms with Crippen molar-refractivity contribution in [2.24, 2.45) is 10.9 Å². The quantitative estimate of drug-likeness (QED) is 0.646. The van der Waals surface area contributed by atoms with Crippen LogP contribution >= 0.6 is 0 Å². The molecule has 1 aliphatic heterocycles. The number of aliphatic imine (C=N–C) groups is 1. The summed E-state index contributed by atoms with van der Waals surface area (Å²) in [4.78, 5) is 42.3. The van der Waals surface area contributed by atoms with E-state index in [1.165, 1.54) is 26.5 Å². The van der Waals surface area contributed by atoms with Crippen molar-refractivity contribution in [3.8, 4) is 11.5 Å². The first kappa shape index (κ1) is 18.1. The third-order valence-corrected chi connectivity index (χ3v) is 3.96. The zero-order valence-corrected chi connectivity index (χ0v) is 14.7. The lowest BCUT2D eigenvalue weighted by Crippen LogP contribution is -2.58. The van der Waals surface area contributed by atoms with Gasteiger partial charge in [0.1, 0.15) is 17.2 Å². The number of hydrogen-bond acceptors (Lipinski definition) is 6. The van der Waals surface area contributed by atoms with Gasteiger partial charge in [-0.15, -0.1) is 0 Å². The fraction of sp³-hybridized carbons (Fsp3) is 0.158. The number of para-hydroxylation sites is 2. The number of anilines is 1. The summed E-state index contributed by atoms with van der Waals surface area (Å²) in [5.74, 6) is -1.71. The number of carbonyl (C=O) groups is 3. The fourth-order valence-electron chi connectivity index (χ4n) is 2.61. The van der Waals surface area contributed by atoms with E-state index in [1.54, 1.807) is 42.5 Å². The molecular formula is C19H17N3O5. The number of ether oxygens (including phenoxy) is 2. The molecule has 0 radical (unpaired) electrons. The zero-order chi connectivity index (χ0) is 19.4. The summed E-state index contributed by atoms with van der Waals surface area (Å²) >= 11 is 0. The van der Waals surface area contributed by atoms with Gasteiger partial charge in [-0.25, -0.2) is 9.69 Å². The van der Waals surface area contributed by atoms with E-state index < -0.39 is 23.8 Å². The molecule has 1 N–H and O–H groups in total. The molecule has 2 aromatic rings. The number of carbonyl (C=O) groups excluding carboxylic acids is 3. The first-order valence-electron chi connectivity index (χ1n) is 8.05. The number of amides is 4. The Morgan fingerprint density at radius 3 is 2.56 bits per heavy atom. The van der Waals surface area contributed by atoms with Gasteiger partial charge in [0.2, 0.25) is 5.91 Å². The maximum Gasteiger partial charge on any atom is 0.335 e. The van der Waals surface area contributed by atoms with Crippen molar-refractivity contribution in [3.63, 3.8) is 0 Å². The molecule has 0 aromatic heterocycles. The summed E-state index contributed by atoms with van der Waals surface area (Å²) in [5, 5.41) is 2.17. The Morgan fingerprint density at radius 2 is 1.81 bits per heavy atom. The van der Waals surface area contributed by atoms with Gasteiger partial charge in [0.05, 0.1) is 19.9 Å². The Balaban J connectivity index is 1.91. The second kappa shape index (κ2) is 7.69. The average Bonchev–Trinajstić information content (AvgIpc) is 2.68. The summed E-state index contributed by atoms with van der Waals surface area (Å²) in [6, 6.07) is 12.5. The van der Waals surface area contributed by atoms with Crippen molar-refractivity contribution < 1.29 is 23.9 Å². The van der Waals surface area contributed by atoms with E-state index in [4.69, 9.17) is 9.47 Å². The minimum atomic E-state index is -1.25. The number of barbiturate groups is 1. The second-order valence-corrected chi connectivity index (χ2v) is 5.60. The highest BCUT2D eigenvalue weighted by atomic mass is 16.5. The van der Waals surface area contributed by atoms with E-state index in [-0.39, 0.29) is 0 Å². The molecule has 0 saturated carbocycles. The number of imide groups is 2. The molecule has 0 spiro atoms. The molecule has 1 aliphatic rings. The molecule has 8 heteroatoms. The molecule has 1 heterocycles. The Morgan fingerprint density at radius 1 is 1.04 bits per heavy atom. The van der Waals surface area contributed by atoms with Crippen molar-refractivity contribution in [1.29, 1.82) is 0 Å². The normalized spacial score (nSPS) is 17.2. The van der Waals surface area contributed by atoms with Crippen LogP contribution in [0.5, 0.6) is 11.5 Å². The van der Waals surface area contributed by atoms with Gasteiger partial charge >= 0.3 is 6.03 Å². The first-order valence-corrected chi connectivity index (χ1v) is 8.05. The molecule has 3 rings (SSSR count). The lowest BCUT2D eigenvalue weighted by Gasteiger charge is -2.28. The highest BCUT2D eigenvalue weighted by molar-refractivity contribution is 6.32. The van der Waals surface area contributed by atoms with Crippen LogP contribution in [0.3, 0.4) is 0 Å². The van der Waals surface area contributed by atoms with Crippen molar-refractivity contribution in [2.45, 2.75) is 0 Å². The van der Waals surface area contributed by atoms with Gasteiger partial charge in [-0.3, -0.25) is 19.9 Å². The summed E-state index contributed by atoms with van der Waals surface area (Å²) in [5.41, 5.74) is 0.755. The molecule has 8 nitrogen and oxygen atoms in total. The molecule has 27 heavy (non-hydrogen) atoms. The van der Waals surface area contributed by atoms with E-state index in [2.05, 4.69) is 10.3 Å². The molecular weight excluding hydrogens is 350 g/mol. The number of rotatable bonds is 5. The number of benzene rings is 2. The molecule has 4 amide bonds. The van der Waals surface area contributed by atoms with Crippen LogP contribution in [-0.2, 0) is 9.59 Å². The predicted octanol–water partition coefficient (Wildman–Crippen LogP) is 2.31. The Bertz CT molecular complexity index is 925. The highest BCUT2D eigenvalue weighted by Gasteiger charge is 2.40. The summed E-state index contributed by atoms with van der Waals surface area (Å²) in [6.07, 6.45) is 1.20. The molecule has 1 saturated heterocycles. The van der Waals surface area contributed by atoms with E-state index in [0.29, 0.717) is 22.9 Å². The second-order valence-electron chi connectivity index (χ2n) is 5.60. The van der Waals surface area contributed by atoms with Gasteiger partial charge in [0, 0.05) is 12.3 Å². The van der Waals surface area contributed by atoms with Crippen molar-refractivity contribution in [1.82, 2.24) is 5.32 Å². The lowest BCUT2D eigenvalue weighted by molar-refractivity contribution is -0.131. The van der Waals surface area contributed by atoms with Gasteiger partial charge in [-0.1, -0.05) is 18.2 Å². The Hall–Kier alpha value is -3.68. The van der Waals surface area contributed by atoms with Crippen molar-refractivity contribution in [2.75, 3.05) is 19.1 Å². The fourth-order valence-corrected chi connectivity index (χ4v) is 2.61. The van der Waals surface area contributed by atoms with Crippen molar-refractivity contribution in [3.05, 3.63) is 48.5 Å². The van der Waals surface area contributed by atoms with Crippen LogP contribution in [0.1, 0.15) is 0 Å². The molecule has 2 aromatic carbocycles. The molecule has 0 aliphatic carbocycles. The van der Waals surface area contributed by atoms with Gasteiger partial charge in [0.15, 0.2) is 5.92 Å². The smallest absolute Gasteiger partial charge is 0.335 e. The minimum absolute atomic E-state index is 0.292. The van der Waals surface area contributed by atoms with E-state index in [9.17, 15) is 14.4 Å². The first-order chi connectivity index (χ1) is 13.0. The molecule has 0 bridgehead atoms. The van der Waals surface area contributed by atoms with Crippen LogP contribution in [-0.4, -0.2) is 38.3 Å². The summed E-state index contributed by atoms with van der Waals surface area (Å²) in [7, 11) is 2.97. The van der Waals surface area contributed by atoms with Crippen LogP contribution in [0.25, 0.3) is 0 Å². The highest BCUT2D eigenvalue weighted by Crippen LogP contribution is 2.27. The monoisotopic (exact) mass is 367 g/mol. The van der Waals surface area contributed by atoms with Crippen molar-refractivity contribution >= 4 is 35.4 Å². The van der Waals surface area contributed by atoms with E-state index in [1.807, 2.05) is 0 Å². The van der Waals surface area contributed by atoms with Crippen LogP contribution < -0.4 is 19.7 Å². The predicted molar refractivity (Wildman–Crippen MR) is 98.7 cm³/mol. The Labute approximate surface area is 155 Å². The number of nitrogens with zero attached hydrogens (tertiary/aromatic N) is 2. The summed E-state index contributed by atoms with van der Waals surface area (Å²) in [6.45, 7) is 0. The number of methoxy groups -OCH3 is 2. The van der Waals surface area contributed by atoms with Gasteiger partial charge in [-0.05, 0) is 24.3 Å². The van der Waals surface area contributed by atoms with Gasteiger partial charge in [0.25, 0.3) is 5.91 Å². The summed E-state index contributed by atoms with van der Waals surface area (Å²) < 4.78 is 10.3. The molecule has 0 unspecified atom stereocenters. The maximum absolute atomic E-state index is 12.8. The van der Waals surface area contributed by atoms with E-state index in [0.717, 1.165) is 4.90 Å². The number of hydrogen-bond donors (Lipinski definition) is 1. The molecule has 1 fully saturated rings. The minimum Gasteiger partial charge on any atom is -0.497 e. The number of nitrogens with one attached hydrogen (secondary N) is 1. The van der Waals surface area contributed by atoms with Gasteiger partial charge in [-0.2, -0.15) is 0 Å². The maximum atomic E-state index is 12.8. The largest absolute Gasteiger partial charge is 0.497 e. The number of urea groups is 1. The standard InChI is InChI=1S/C19H17N3O5/c1-26-13-7-5-6-12(10-13)22-18(24)14(17(23)21-19(22)25)11-20-15-8-3-4-9-16(15)27-2/h3-11,14H,1-2H3,(H,21,23,25)/t14-/m0/s1. The van der Waals surface area contributed by atoms with Crippen LogP contribution in [0, 0.1) is 5.92 Å². The van der Waals surface area contributed by atoms with Crippen LogP contribution in [0.2, 0.25) is 0 Å². The van der Waals surface area contributed by atoms with Gasteiger partial charge < -0.3 is 9.47 Å². The van der Waals surface area contributed by atoms with Crippen LogP contribution in [0.4, 0.5) is 16.2 Å². The third kappa shape index (κ3) is 3.64. The molecule has 1 atom stereocenters.